The zero-order valence-electron chi connectivity index (χ0n) is 16.2. The van der Waals surface area contributed by atoms with Gasteiger partial charge in [0.05, 0.1) is 19.9 Å². The number of hydrogen-bond donors (Lipinski definition) is 2. The van der Waals surface area contributed by atoms with Gasteiger partial charge in [0.2, 0.25) is 0 Å². The number of aromatic nitrogens is 2. The van der Waals surface area contributed by atoms with Crippen LogP contribution in [0.1, 0.15) is 22.4 Å². The lowest BCUT2D eigenvalue weighted by Crippen LogP contribution is -1.96. The molecule has 0 spiro atoms. The first-order valence-electron chi connectivity index (χ1n) is 8.57. The fourth-order valence-electron chi connectivity index (χ4n) is 2.78. The Morgan fingerprint density at radius 1 is 0.893 bits per heavy atom. The van der Waals surface area contributed by atoms with Crippen LogP contribution in [-0.2, 0) is 30.8 Å². The summed E-state index contributed by atoms with van der Waals surface area (Å²) < 4.78 is 29.9. The van der Waals surface area contributed by atoms with Gasteiger partial charge in [-0.3, -0.25) is 4.68 Å². The normalized spacial score (nSPS) is 10.3. The van der Waals surface area contributed by atoms with Crippen molar-refractivity contribution in [2.24, 2.45) is 12.2 Å². The molecule has 0 radical (unpaired) electrons. The molecule has 0 aliphatic carbocycles. The van der Waals surface area contributed by atoms with Crippen molar-refractivity contribution in [1.82, 2.24) is 9.78 Å². The van der Waals surface area contributed by atoms with Gasteiger partial charge in [-0.2, -0.15) is 5.10 Å². The van der Waals surface area contributed by atoms with Gasteiger partial charge in [0.1, 0.15) is 11.5 Å². The number of benzene rings is 2. The quantitative estimate of drug-likeness (QED) is 0.615. The lowest BCUT2D eigenvalue weighted by Gasteiger charge is -2.06. The van der Waals surface area contributed by atoms with Gasteiger partial charge < -0.3 is 9.47 Å². The number of nitrogens with two attached hydrogens (primary N) is 1. The maximum atomic E-state index is 8.81. The molecular weight excluding hydrogens is 378 g/mol. The maximum Gasteiger partial charge on any atom is 0.198 e. The minimum absolute atomic E-state index is 0.816. The molecule has 3 aromatic rings. The van der Waals surface area contributed by atoms with Crippen molar-refractivity contribution in [2.75, 3.05) is 14.2 Å². The summed E-state index contributed by atoms with van der Waals surface area (Å²) in [5.74, 6) is 1.75. The molecule has 2 aromatic carbocycles. The van der Waals surface area contributed by atoms with Gasteiger partial charge in [0, 0.05) is 26.1 Å². The van der Waals surface area contributed by atoms with Crippen LogP contribution in [0.3, 0.4) is 0 Å². The zero-order chi connectivity index (χ0) is 20.5. The SMILES string of the molecule is COc1ccc(Cc2cn(C)nc2Cc2ccc(OC)cc2)cc1.N[SH](=O)=O. The highest BCUT2D eigenvalue weighted by molar-refractivity contribution is 7.69. The summed E-state index contributed by atoms with van der Waals surface area (Å²) in [6.45, 7) is 0. The van der Waals surface area contributed by atoms with E-state index in [0.717, 1.165) is 30.0 Å². The van der Waals surface area contributed by atoms with Crippen LogP contribution < -0.4 is 14.6 Å². The van der Waals surface area contributed by atoms with Gasteiger partial charge >= 0.3 is 0 Å². The monoisotopic (exact) mass is 403 g/mol. The van der Waals surface area contributed by atoms with Gasteiger partial charge in [-0.25, -0.2) is 13.6 Å². The minimum Gasteiger partial charge on any atom is -0.497 e. The molecule has 0 saturated carbocycles. The fraction of sp³-hybridized carbons (Fsp3) is 0.250. The van der Waals surface area contributed by atoms with Crippen LogP contribution in [0.4, 0.5) is 0 Å². The predicted molar refractivity (Wildman–Crippen MR) is 109 cm³/mol. The predicted octanol–water partition coefficient (Wildman–Crippen LogP) is 2.09. The second-order valence-corrected chi connectivity index (χ2v) is 6.68. The molecule has 0 aliphatic rings. The van der Waals surface area contributed by atoms with E-state index >= 15 is 0 Å². The van der Waals surface area contributed by atoms with E-state index < -0.39 is 10.9 Å². The Bertz CT molecular complexity index is 874. The molecule has 0 amide bonds. The first kappa shape index (κ1) is 21.5. The number of methoxy groups -OCH3 is 2. The van der Waals surface area contributed by atoms with E-state index in [9.17, 15) is 0 Å². The van der Waals surface area contributed by atoms with E-state index in [1.807, 2.05) is 36.0 Å². The summed E-state index contributed by atoms with van der Waals surface area (Å²) in [7, 11) is 2.71. The van der Waals surface area contributed by atoms with Gasteiger partial charge in [-0.15, -0.1) is 0 Å². The summed E-state index contributed by atoms with van der Waals surface area (Å²) in [6.07, 6.45) is 3.78. The first-order chi connectivity index (χ1) is 13.4. The highest BCUT2D eigenvalue weighted by Crippen LogP contribution is 2.20. The molecule has 0 saturated heterocycles. The molecule has 1 aromatic heterocycles. The van der Waals surface area contributed by atoms with Crippen molar-refractivity contribution >= 4 is 10.9 Å². The Balaban J connectivity index is 0.000000640. The van der Waals surface area contributed by atoms with Gasteiger partial charge in [-0.05, 0) is 41.0 Å². The second kappa shape index (κ2) is 10.5. The molecule has 0 aliphatic heterocycles. The largest absolute Gasteiger partial charge is 0.497 e. The van der Waals surface area contributed by atoms with E-state index in [1.54, 1.807) is 14.2 Å². The Morgan fingerprint density at radius 2 is 1.32 bits per heavy atom. The molecule has 8 heteroatoms. The van der Waals surface area contributed by atoms with Crippen molar-refractivity contribution in [3.05, 3.63) is 77.1 Å². The number of nitrogens with zero attached hydrogens (tertiary/aromatic N) is 2. The van der Waals surface area contributed by atoms with Gasteiger partial charge in [0.15, 0.2) is 10.9 Å². The Kier molecular flexibility index (Phi) is 8.03. The van der Waals surface area contributed by atoms with Crippen molar-refractivity contribution in [3.8, 4) is 11.5 Å². The van der Waals surface area contributed by atoms with Crippen LogP contribution in [0.2, 0.25) is 0 Å². The number of ether oxygens (including phenoxy) is 2. The average molecular weight is 404 g/mol. The van der Waals surface area contributed by atoms with Crippen LogP contribution in [0, 0.1) is 0 Å². The number of aryl methyl sites for hydroxylation is 1. The second-order valence-electron chi connectivity index (χ2n) is 6.11. The molecular formula is C20H25N3O4S. The minimum atomic E-state index is -2.62. The molecule has 0 unspecified atom stereocenters. The van der Waals surface area contributed by atoms with Crippen LogP contribution in [-0.4, -0.2) is 32.4 Å². The molecule has 0 fully saturated rings. The Morgan fingerprint density at radius 3 is 1.75 bits per heavy atom. The first-order valence-corrected chi connectivity index (χ1v) is 9.82. The summed E-state index contributed by atoms with van der Waals surface area (Å²) in [4.78, 5) is 0. The summed E-state index contributed by atoms with van der Waals surface area (Å²) in [5, 5.41) is 8.70. The number of hydrogen-bond acceptors (Lipinski definition) is 5. The standard InChI is InChI=1S/C20H22N2O2.H3NO2S/c1-22-14-17(12-15-4-8-18(23-2)9-5-15)20(21-22)13-16-6-10-19(24-3)11-7-16;1-4(2)3/h4-11,14H,12-13H2,1-3H3;4H,(H2,1,2,3). The highest BCUT2D eigenvalue weighted by Gasteiger charge is 2.10. The van der Waals surface area contributed by atoms with E-state index in [0.29, 0.717) is 0 Å². The van der Waals surface area contributed by atoms with Crippen molar-refractivity contribution in [1.29, 1.82) is 0 Å². The smallest absolute Gasteiger partial charge is 0.198 e. The highest BCUT2D eigenvalue weighted by atomic mass is 32.2. The lowest BCUT2D eigenvalue weighted by molar-refractivity contribution is 0.414. The van der Waals surface area contributed by atoms with E-state index in [4.69, 9.17) is 17.9 Å². The van der Waals surface area contributed by atoms with E-state index in [-0.39, 0.29) is 0 Å². The summed E-state index contributed by atoms with van der Waals surface area (Å²) in [6, 6.07) is 16.3. The third-order valence-electron chi connectivity index (χ3n) is 4.08. The summed E-state index contributed by atoms with van der Waals surface area (Å²) in [5.41, 5.74) is 4.84. The fourth-order valence-corrected chi connectivity index (χ4v) is 2.78. The third-order valence-corrected chi connectivity index (χ3v) is 4.08. The van der Waals surface area contributed by atoms with Crippen molar-refractivity contribution < 1.29 is 17.9 Å². The topological polar surface area (TPSA) is 96.4 Å². The molecule has 150 valence electrons. The van der Waals surface area contributed by atoms with Crippen molar-refractivity contribution in [2.45, 2.75) is 12.8 Å². The molecule has 2 N–H and O–H groups in total. The molecule has 1 heterocycles. The van der Waals surface area contributed by atoms with Crippen LogP contribution >= 0.6 is 0 Å². The zero-order valence-corrected chi connectivity index (χ0v) is 17.1. The van der Waals surface area contributed by atoms with Gasteiger partial charge in [-0.1, -0.05) is 24.3 Å². The van der Waals surface area contributed by atoms with Crippen molar-refractivity contribution in [3.63, 3.8) is 0 Å². The van der Waals surface area contributed by atoms with Crippen LogP contribution in [0.25, 0.3) is 0 Å². The van der Waals surface area contributed by atoms with E-state index in [2.05, 4.69) is 40.7 Å². The lowest BCUT2D eigenvalue weighted by atomic mass is 10.0. The number of rotatable bonds is 6. The van der Waals surface area contributed by atoms with Crippen LogP contribution in [0.5, 0.6) is 11.5 Å². The Labute approximate surface area is 166 Å². The molecule has 3 rings (SSSR count). The third kappa shape index (κ3) is 6.71. The molecule has 7 nitrogen and oxygen atoms in total. The van der Waals surface area contributed by atoms with Crippen LogP contribution in [0.15, 0.2) is 54.7 Å². The van der Waals surface area contributed by atoms with E-state index in [1.165, 1.54) is 16.7 Å². The van der Waals surface area contributed by atoms with Gasteiger partial charge in [0.25, 0.3) is 0 Å². The molecule has 0 atom stereocenters. The Hall–Kier alpha value is -2.84. The average Bonchev–Trinajstić information content (AvgIpc) is 3.01. The molecule has 0 bridgehead atoms. The summed E-state index contributed by atoms with van der Waals surface area (Å²) >= 11 is 0. The maximum absolute atomic E-state index is 8.81. The number of thiol groups is 1. The molecule has 28 heavy (non-hydrogen) atoms.